The number of fused-ring (bicyclic) bond motifs is 1. The van der Waals surface area contributed by atoms with Crippen molar-refractivity contribution < 1.29 is 23.1 Å². The molecule has 0 saturated heterocycles. The van der Waals surface area contributed by atoms with Gasteiger partial charge in [-0.2, -0.15) is 4.39 Å². The first-order valence-corrected chi connectivity index (χ1v) is 6.44. The van der Waals surface area contributed by atoms with E-state index < -0.39 is 17.6 Å². The second-order valence-corrected chi connectivity index (χ2v) is 5.53. The van der Waals surface area contributed by atoms with Crippen LogP contribution in [0, 0.1) is 17.6 Å². The van der Waals surface area contributed by atoms with Crippen LogP contribution in [0.1, 0.15) is 30.0 Å². The number of hydrogen-bond donors (Lipinski definition) is 1. The van der Waals surface area contributed by atoms with E-state index in [0.29, 0.717) is 12.0 Å². The molecule has 6 heteroatoms. The van der Waals surface area contributed by atoms with Gasteiger partial charge in [0.25, 0.3) is 0 Å². The van der Waals surface area contributed by atoms with E-state index in [-0.39, 0.29) is 27.1 Å². The third-order valence-electron chi connectivity index (χ3n) is 2.71. The van der Waals surface area contributed by atoms with E-state index in [1.165, 1.54) is 0 Å². The van der Waals surface area contributed by atoms with Gasteiger partial charge in [0, 0.05) is 15.4 Å². The highest BCUT2D eigenvalue weighted by atomic mass is 79.9. The third kappa shape index (κ3) is 2.36. The average Bonchev–Trinajstić information content (AvgIpc) is 2.65. The zero-order chi connectivity index (χ0) is 14.3. The second kappa shape index (κ2) is 4.92. The number of aromatic carboxylic acids is 1. The number of hydrogen-bond acceptors (Lipinski definition) is 2. The van der Waals surface area contributed by atoms with Crippen molar-refractivity contribution in [1.29, 1.82) is 0 Å². The highest BCUT2D eigenvalue weighted by Crippen LogP contribution is 2.36. The van der Waals surface area contributed by atoms with E-state index in [2.05, 4.69) is 15.9 Å². The van der Waals surface area contributed by atoms with Crippen LogP contribution in [-0.4, -0.2) is 11.1 Å². The van der Waals surface area contributed by atoms with Crippen molar-refractivity contribution in [3.63, 3.8) is 0 Å². The summed E-state index contributed by atoms with van der Waals surface area (Å²) in [5, 5.41) is 9.39. The topological polar surface area (TPSA) is 50.4 Å². The predicted molar refractivity (Wildman–Crippen MR) is 69.3 cm³/mol. The molecule has 0 aliphatic carbocycles. The van der Waals surface area contributed by atoms with Crippen molar-refractivity contribution >= 4 is 32.9 Å². The van der Waals surface area contributed by atoms with Gasteiger partial charge in [-0.05, 0) is 34.3 Å². The summed E-state index contributed by atoms with van der Waals surface area (Å²) in [6, 6.07) is 0.975. The van der Waals surface area contributed by atoms with Crippen molar-refractivity contribution in [3.05, 3.63) is 33.5 Å². The van der Waals surface area contributed by atoms with Crippen molar-refractivity contribution in [2.24, 2.45) is 5.92 Å². The predicted octanol–water partition coefficient (Wildman–Crippen LogP) is 4.37. The van der Waals surface area contributed by atoms with Gasteiger partial charge in [-0.25, -0.2) is 9.18 Å². The fourth-order valence-electron chi connectivity index (χ4n) is 2.00. The van der Waals surface area contributed by atoms with Crippen molar-refractivity contribution in [1.82, 2.24) is 0 Å². The monoisotopic (exact) mass is 332 g/mol. The van der Waals surface area contributed by atoms with Crippen LogP contribution in [0.4, 0.5) is 8.78 Å². The zero-order valence-electron chi connectivity index (χ0n) is 10.3. The highest BCUT2D eigenvalue weighted by molar-refractivity contribution is 9.10. The Bertz CT molecular complexity index is 662. The summed E-state index contributed by atoms with van der Waals surface area (Å²) in [5.41, 5.74) is 0.0169. The van der Waals surface area contributed by atoms with Gasteiger partial charge in [0.1, 0.15) is 0 Å². The minimum atomic E-state index is -1.29. The normalized spacial score (nSPS) is 11.5. The van der Waals surface area contributed by atoms with E-state index in [4.69, 9.17) is 9.52 Å². The molecule has 0 fully saturated rings. The molecule has 1 N–H and O–H groups in total. The Hall–Kier alpha value is -1.43. The standard InChI is InChI=1S/C13H11BrF2O3/c1-5(2)3-6-9-7(14)4-8(15)10(16)12(9)19-11(6)13(17)18/h4-5H,3H2,1-2H3,(H,17,18). The highest BCUT2D eigenvalue weighted by Gasteiger charge is 2.26. The van der Waals surface area contributed by atoms with E-state index in [9.17, 15) is 13.6 Å². The minimum absolute atomic E-state index is 0.152. The smallest absolute Gasteiger partial charge is 0.372 e. The fourth-order valence-corrected chi connectivity index (χ4v) is 2.62. The van der Waals surface area contributed by atoms with Gasteiger partial charge in [-0.15, -0.1) is 0 Å². The first-order valence-electron chi connectivity index (χ1n) is 5.65. The molecule has 0 spiro atoms. The molecule has 0 aliphatic rings. The first kappa shape index (κ1) is 14.0. The lowest BCUT2D eigenvalue weighted by Crippen LogP contribution is -2.02. The van der Waals surface area contributed by atoms with Crippen molar-refractivity contribution in [3.8, 4) is 0 Å². The van der Waals surface area contributed by atoms with Crippen LogP contribution in [0.3, 0.4) is 0 Å². The Morgan fingerprint density at radius 2 is 2.11 bits per heavy atom. The lowest BCUT2D eigenvalue weighted by Gasteiger charge is -2.05. The minimum Gasteiger partial charge on any atom is -0.475 e. The molecule has 1 aromatic heterocycles. The van der Waals surface area contributed by atoms with E-state index >= 15 is 0 Å². The number of halogens is 3. The summed E-state index contributed by atoms with van der Waals surface area (Å²) in [5.74, 6) is -3.73. The second-order valence-electron chi connectivity index (χ2n) is 4.67. The van der Waals surface area contributed by atoms with Gasteiger partial charge in [-0.1, -0.05) is 13.8 Å². The molecule has 1 aromatic carbocycles. The molecule has 2 aromatic rings. The van der Waals surface area contributed by atoms with Crippen LogP contribution in [0.25, 0.3) is 11.0 Å². The zero-order valence-corrected chi connectivity index (χ0v) is 11.8. The van der Waals surface area contributed by atoms with Gasteiger partial charge in [0.15, 0.2) is 11.4 Å². The molecule has 3 nitrogen and oxygen atoms in total. The molecule has 0 bridgehead atoms. The Labute approximate surface area is 116 Å². The lowest BCUT2D eigenvalue weighted by atomic mass is 9.99. The number of carboxylic acids is 1. The van der Waals surface area contributed by atoms with Crippen LogP contribution in [0.15, 0.2) is 15.0 Å². The molecule has 0 radical (unpaired) electrons. The van der Waals surface area contributed by atoms with E-state index in [1.807, 2.05) is 13.8 Å². The summed E-state index contributed by atoms with van der Waals surface area (Å²) in [6.07, 6.45) is 0.401. The Balaban J connectivity index is 2.85. The molecule has 0 atom stereocenters. The first-order chi connectivity index (χ1) is 8.82. The molecule has 0 saturated carbocycles. The van der Waals surface area contributed by atoms with Crippen molar-refractivity contribution in [2.45, 2.75) is 20.3 Å². The largest absolute Gasteiger partial charge is 0.475 e. The van der Waals surface area contributed by atoms with Crippen LogP contribution in [0.5, 0.6) is 0 Å². The molecule has 0 aliphatic heterocycles. The summed E-state index contributed by atoms with van der Waals surface area (Å²) in [7, 11) is 0. The van der Waals surface area contributed by atoms with Gasteiger partial charge in [0.05, 0.1) is 0 Å². The number of rotatable bonds is 3. The fraction of sp³-hybridized carbons (Fsp3) is 0.308. The van der Waals surface area contributed by atoms with E-state index in [1.54, 1.807) is 0 Å². The molecule has 1 heterocycles. The van der Waals surface area contributed by atoms with Crippen molar-refractivity contribution in [2.75, 3.05) is 0 Å². The van der Waals surface area contributed by atoms with Crippen LogP contribution >= 0.6 is 15.9 Å². The number of benzene rings is 1. The van der Waals surface area contributed by atoms with Gasteiger partial charge in [-0.3, -0.25) is 0 Å². The molecule has 102 valence electrons. The quantitative estimate of drug-likeness (QED) is 0.849. The molecule has 19 heavy (non-hydrogen) atoms. The number of furan rings is 1. The van der Waals surface area contributed by atoms with Crippen LogP contribution < -0.4 is 0 Å². The molecule has 0 unspecified atom stereocenters. The number of carboxylic acid groups (broad SMARTS) is 1. The average molecular weight is 333 g/mol. The maximum atomic E-state index is 13.7. The van der Waals surface area contributed by atoms with Gasteiger partial charge in [0.2, 0.25) is 11.6 Å². The lowest BCUT2D eigenvalue weighted by molar-refractivity contribution is 0.0663. The molecular formula is C13H11BrF2O3. The summed E-state index contributed by atoms with van der Waals surface area (Å²) >= 11 is 3.13. The summed E-state index contributed by atoms with van der Waals surface area (Å²) in [4.78, 5) is 11.2. The Morgan fingerprint density at radius 1 is 1.47 bits per heavy atom. The van der Waals surface area contributed by atoms with E-state index in [0.717, 1.165) is 6.07 Å². The van der Waals surface area contributed by atoms with Gasteiger partial charge < -0.3 is 9.52 Å². The molecule has 0 amide bonds. The number of carbonyl (C=O) groups is 1. The SMILES string of the molecule is CC(C)Cc1c(C(=O)O)oc2c(F)c(F)cc(Br)c12. The summed E-state index contributed by atoms with van der Waals surface area (Å²) < 4.78 is 32.3. The maximum Gasteiger partial charge on any atom is 0.372 e. The van der Waals surface area contributed by atoms with Gasteiger partial charge >= 0.3 is 5.97 Å². The maximum absolute atomic E-state index is 13.7. The Morgan fingerprint density at radius 3 is 2.63 bits per heavy atom. The Kier molecular flexibility index (Phi) is 3.62. The van der Waals surface area contributed by atoms with Crippen LogP contribution in [0.2, 0.25) is 0 Å². The van der Waals surface area contributed by atoms with Crippen LogP contribution in [-0.2, 0) is 6.42 Å². The third-order valence-corrected chi connectivity index (χ3v) is 3.34. The molecular weight excluding hydrogens is 322 g/mol. The molecule has 2 rings (SSSR count). The summed E-state index contributed by atoms with van der Waals surface area (Å²) in [6.45, 7) is 3.80.